The van der Waals surface area contributed by atoms with Gasteiger partial charge in [-0.15, -0.1) is 11.3 Å². The van der Waals surface area contributed by atoms with Crippen molar-refractivity contribution in [2.75, 3.05) is 26.3 Å². The van der Waals surface area contributed by atoms with E-state index in [9.17, 15) is 4.79 Å². The quantitative estimate of drug-likeness (QED) is 0.657. The minimum absolute atomic E-state index is 0.0709. The first-order valence-corrected chi connectivity index (χ1v) is 9.51. The van der Waals surface area contributed by atoms with Gasteiger partial charge in [-0.05, 0) is 31.5 Å². The van der Waals surface area contributed by atoms with Crippen LogP contribution in [0.1, 0.15) is 28.5 Å². The molecule has 0 spiro atoms. The Hall–Kier alpha value is -2.44. The summed E-state index contributed by atoms with van der Waals surface area (Å²) < 4.78 is 7.62. The van der Waals surface area contributed by atoms with E-state index in [1.807, 2.05) is 24.7 Å². The van der Waals surface area contributed by atoms with Crippen LogP contribution >= 0.6 is 11.3 Å². The van der Waals surface area contributed by atoms with Gasteiger partial charge in [0.1, 0.15) is 0 Å². The molecule has 1 saturated heterocycles. The van der Waals surface area contributed by atoms with Crippen LogP contribution < -0.4 is 0 Å². The van der Waals surface area contributed by atoms with Gasteiger partial charge in [0.05, 0.1) is 35.0 Å². The van der Waals surface area contributed by atoms with Crippen molar-refractivity contribution in [1.82, 2.24) is 14.3 Å². The molecule has 5 nitrogen and oxygen atoms in total. The molecule has 0 amide bonds. The van der Waals surface area contributed by atoms with Crippen LogP contribution in [0.3, 0.4) is 0 Å². The summed E-state index contributed by atoms with van der Waals surface area (Å²) in [5.74, 6) is 0.0709. The summed E-state index contributed by atoms with van der Waals surface area (Å²) in [6.45, 7) is 11.0. The van der Waals surface area contributed by atoms with Crippen molar-refractivity contribution in [2.24, 2.45) is 0 Å². The second-order valence-electron chi connectivity index (χ2n) is 6.52. The fraction of sp³-hybridized carbons (Fsp3) is 0.300. The van der Waals surface area contributed by atoms with Crippen LogP contribution in [-0.2, 0) is 4.74 Å². The summed E-state index contributed by atoms with van der Waals surface area (Å²) in [6.07, 6.45) is 3.98. The number of ketones is 1. The number of fused-ring (bicyclic) bond motifs is 1. The van der Waals surface area contributed by atoms with E-state index in [2.05, 4.69) is 33.1 Å². The Bertz CT molecular complexity index is 982. The Morgan fingerprint density at radius 3 is 2.73 bits per heavy atom. The molecule has 3 aromatic heterocycles. The Labute approximate surface area is 156 Å². The smallest absolute Gasteiger partial charge is 0.160 e. The van der Waals surface area contributed by atoms with Crippen LogP contribution in [0.5, 0.6) is 0 Å². The second-order valence-corrected chi connectivity index (χ2v) is 7.41. The molecule has 0 unspecified atom stereocenters. The molecule has 0 aliphatic carbocycles. The molecule has 4 heterocycles. The molecule has 0 N–H and O–H groups in total. The van der Waals surface area contributed by atoms with Crippen molar-refractivity contribution < 1.29 is 9.53 Å². The summed E-state index contributed by atoms with van der Waals surface area (Å²) in [6, 6.07) is 4.08. The number of Topliss-reactive ketones (excluding diaryl/α,β-unsaturated/α-hetero) is 1. The molecule has 3 aromatic rings. The monoisotopic (exact) mass is 367 g/mol. The van der Waals surface area contributed by atoms with Crippen molar-refractivity contribution >= 4 is 28.3 Å². The maximum Gasteiger partial charge on any atom is 0.160 e. The van der Waals surface area contributed by atoms with Crippen molar-refractivity contribution in [3.05, 3.63) is 53.4 Å². The maximum atomic E-state index is 12.2. The molecule has 0 bridgehead atoms. The number of pyridine rings is 1. The van der Waals surface area contributed by atoms with Gasteiger partial charge in [0.15, 0.2) is 5.78 Å². The Balaban J connectivity index is 1.91. The van der Waals surface area contributed by atoms with Gasteiger partial charge in [-0.25, -0.2) is 0 Å². The fourth-order valence-corrected chi connectivity index (χ4v) is 4.15. The minimum Gasteiger partial charge on any atom is -0.378 e. The molecule has 1 aliphatic heterocycles. The normalized spacial score (nSPS) is 14.8. The topological polar surface area (TPSA) is 46.8 Å². The van der Waals surface area contributed by atoms with Gasteiger partial charge < -0.3 is 14.0 Å². The molecule has 134 valence electrons. The predicted molar refractivity (Wildman–Crippen MR) is 105 cm³/mol. The molecule has 0 radical (unpaired) electrons. The zero-order valence-corrected chi connectivity index (χ0v) is 15.8. The van der Waals surface area contributed by atoms with Gasteiger partial charge in [-0.2, -0.15) is 0 Å². The number of ether oxygens (including phenoxy) is 1. The molecular formula is C20H21N3O2S. The van der Waals surface area contributed by atoms with Gasteiger partial charge in [0, 0.05) is 42.1 Å². The van der Waals surface area contributed by atoms with E-state index in [1.54, 1.807) is 18.3 Å². The highest BCUT2D eigenvalue weighted by atomic mass is 32.1. The molecule has 0 aromatic carbocycles. The lowest BCUT2D eigenvalue weighted by atomic mass is 10.0. The first-order chi connectivity index (χ1) is 12.6. The molecule has 0 atom stereocenters. The number of carbonyl (C=O) groups is 1. The maximum absolute atomic E-state index is 12.2. The summed E-state index contributed by atoms with van der Waals surface area (Å²) in [5.41, 5.74) is 7.56. The Kier molecular flexibility index (Phi) is 4.38. The first-order valence-electron chi connectivity index (χ1n) is 8.63. The van der Waals surface area contributed by atoms with Crippen LogP contribution in [0.2, 0.25) is 0 Å². The van der Waals surface area contributed by atoms with Gasteiger partial charge in [-0.1, -0.05) is 6.58 Å². The largest absolute Gasteiger partial charge is 0.378 e. The lowest BCUT2D eigenvalue weighted by Crippen LogP contribution is -2.35. The van der Waals surface area contributed by atoms with Crippen LogP contribution in [0.4, 0.5) is 0 Å². The summed E-state index contributed by atoms with van der Waals surface area (Å²) in [5, 5.41) is 0. The zero-order chi connectivity index (χ0) is 18.3. The highest BCUT2D eigenvalue weighted by molar-refractivity contribution is 7.13. The van der Waals surface area contributed by atoms with Crippen molar-refractivity contribution in [3.8, 4) is 10.4 Å². The zero-order valence-electron chi connectivity index (χ0n) is 15.0. The highest BCUT2D eigenvalue weighted by Gasteiger charge is 2.21. The average molecular weight is 367 g/mol. The number of thiazole rings is 1. The number of aromatic nitrogens is 2. The lowest BCUT2D eigenvalue weighted by Gasteiger charge is -2.31. The summed E-state index contributed by atoms with van der Waals surface area (Å²) in [4.78, 5) is 19.7. The number of hydrogen-bond donors (Lipinski definition) is 0. The number of rotatable bonds is 4. The van der Waals surface area contributed by atoms with Crippen LogP contribution in [-0.4, -0.2) is 46.4 Å². The van der Waals surface area contributed by atoms with Crippen molar-refractivity contribution in [2.45, 2.75) is 13.8 Å². The predicted octanol–water partition coefficient (Wildman–Crippen LogP) is 3.88. The third-order valence-electron chi connectivity index (χ3n) is 4.90. The van der Waals surface area contributed by atoms with Gasteiger partial charge >= 0.3 is 0 Å². The van der Waals surface area contributed by atoms with Gasteiger partial charge in [-0.3, -0.25) is 9.78 Å². The van der Waals surface area contributed by atoms with Crippen LogP contribution in [0.15, 0.2) is 36.6 Å². The van der Waals surface area contributed by atoms with E-state index >= 15 is 0 Å². The van der Waals surface area contributed by atoms with Gasteiger partial charge in [0.2, 0.25) is 0 Å². The van der Waals surface area contributed by atoms with E-state index < -0.39 is 0 Å². The van der Waals surface area contributed by atoms with E-state index in [4.69, 9.17) is 4.74 Å². The van der Waals surface area contributed by atoms with E-state index in [0.717, 1.165) is 51.6 Å². The molecule has 0 saturated carbocycles. The molecular weight excluding hydrogens is 346 g/mol. The number of carbonyl (C=O) groups excluding carboxylic acids is 1. The molecule has 6 heteroatoms. The van der Waals surface area contributed by atoms with E-state index in [1.165, 1.54) is 0 Å². The third kappa shape index (κ3) is 2.85. The van der Waals surface area contributed by atoms with Crippen molar-refractivity contribution in [3.63, 3.8) is 0 Å². The standard InChI is InChI=1S/C20H21N3O2S/c1-13-18(15(3)24)9-17-8-16(19-10-21-12-26-19)11-23(17)20(13)14(2)22-4-6-25-7-5-22/h8-12H,2,4-7H2,1,3H3. The molecule has 1 fully saturated rings. The Morgan fingerprint density at radius 2 is 2.08 bits per heavy atom. The molecule has 26 heavy (non-hydrogen) atoms. The Morgan fingerprint density at radius 1 is 1.31 bits per heavy atom. The second kappa shape index (κ2) is 6.70. The number of hydrogen-bond acceptors (Lipinski definition) is 5. The average Bonchev–Trinajstić information content (AvgIpc) is 3.30. The van der Waals surface area contributed by atoms with Gasteiger partial charge in [0.25, 0.3) is 0 Å². The molecule has 1 aliphatic rings. The summed E-state index contributed by atoms with van der Waals surface area (Å²) in [7, 11) is 0. The third-order valence-corrected chi connectivity index (χ3v) is 5.73. The van der Waals surface area contributed by atoms with Crippen LogP contribution in [0.25, 0.3) is 21.7 Å². The minimum atomic E-state index is 0.0709. The number of morpholine rings is 1. The van der Waals surface area contributed by atoms with E-state index in [-0.39, 0.29) is 5.78 Å². The lowest BCUT2D eigenvalue weighted by molar-refractivity contribution is 0.0639. The summed E-state index contributed by atoms with van der Waals surface area (Å²) >= 11 is 1.61. The SMILES string of the molecule is C=C(c1c(C)c(C(C)=O)cc2cc(-c3cncs3)cn12)N1CCOCC1. The fourth-order valence-electron chi connectivity index (χ4n) is 3.55. The van der Waals surface area contributed by atoms with E-state index in [0.29, 0.717) is 13.2 Å². The molecule has 4 rings (SSSR count). The number of nitrogens with zero attached hydrogens (tertiary/aromatic N) is 3. The van der Waals surface area contributed by atoms with Crippen LogP contribution in [0, 0.1) is 6.92 Å². The highest BCUT2D eigenvalue weighted by Crippen LogP contribution is 2.32. The van der Waals surface area contributed by atoms with Crippen molar-refractivity contribution in [1.29, 1.82) is 0 Å². The first kappa shape index (κ1) is 17.0.